The van der Waals surface area contributed by atoms with Gasteiger partial charge in [-0.25, -0.2) is 4.39 Å². The van der Waals surface area contributed by atoms with Crippen molar-refractivity contribution in [1.29, 1.82) is 0 Å². The van der Waals surface area contributed by atoms with E-state index in [-0.39, 0.29) is 11.9 Å². The Morgan fingerprint density at radius 3 is 2.48 bits per heavy atom. The molecule has 1 aromatic carbocycles. The molecule has 2 N–H and O–H groups in total. The van der Waals surface area contributed by atoms with Crippen LogP contribution in [0.15, 0.2) is 22.7 Å². The lowest BCUT2D eigenvalue weighted by Gasteiger charge is -2.37. The zero-order valence-corrected chi connectivity index (χ0v) is 14.1. The van der Waals surface area contributed by atoms with Gasteiger partial charge in [0.2, 0.25) is 0 Å². The third kappa shape index (κ3) is 3.99. The first kappa shape index (κ1) is 16.3. The minimum atomic E-state index is -0.423. The van der Waals surface area contributed by atoms with Crippen LogP contribution in [0.25, 0.3) is 0 Å². The SMILES string of the molecule is CC(C(N)=S)N1CCN(C(=O)c2cc(F)cc(Br)c2)CC1. The van der Waals surface area contributed by atoms with Crippen molar-refractivity contribution in [2.75, 3.05) is 26.2 Å². The van der Waals surface area contributed by atoms with Gasteiger partial charge in [0.15, 0.2) is 0 Å². The minimum absolute atomic E-state index is 0.0283. The average Bonchev–Trinajstić information content (AvgIpc) is 2.44. The lowest BCUT2D eigenvalue weighted by Crippen LogP contribution is -2.53. The summed E-state index contributed by atoms with van der Waals surface area (Å²) in [5.74, 6) is -0.578. The van der Waals surface area contributed by atoms with Crippen LogP contribution in [0.2, 0.25) is 0 Å². The largest absolute Gasteiger partial charge is 0.392 e. The number of nitrogens with zero attached hydrogens (tertiary/aromatic N) is 2. The number of amides is 1. The third-order valence-corrected chi connectivity index (χ3v) is 4.47. The van der Waals surface area contributed by atoms with Crippen molar-refractivity contribution < 1.29 is 9.18 Å². The van der Waals surface area contributed by atoms with Gasteiger partial charge in [0.1, 0.15) is 5.82 Å². The molecule has 1 aliphatic rings. The Bertz CT molecular complexity index is 541. The van der Waals surface area contributed by atoms with Crippen molar-refractivity contribution in [3.63, 3.8) is 0 Å². The van der Waals surface area contributed by atoms with Crippen molar-refractivity contribution in [2.45, 2.75) is 13.0 Å². The molecular weight excluding hydrogens is 357 g/mol. The molecule has 114 valence electrons. The molecule has 0 radical (unpaired) electrons. The normalized spacial score (nSPS) is 17.6. The van der Waals surface area contributed by atoms with Gasteiger partial charge in [0, 0.05) is 36.2 Å². The van der Waals surface area contributed by atoms with Crippen LogP contribution in [0.5, 0.6) is 0 Å². The lowest BCUT2D eigenvalue weighted by atomic mass is 10.1. The van der Waals surface area contributed by atoms with Crippen molar-refractivity contribution in [2.24, 2.45) is 5.73 Å². The zero-order chi connectivity index (χ0) is 15.6. The second kappa shape index (κ2) is 6.81. The van der Waals surface area contributed by atoms with Crippen molar-refractivity contribution in [1.82, 2.24) is 9.80 Å². The van der Waals surface area contributed by atoms with Gasteiger partial charge in [-0.3, -0.25) is 9.69 Å². The molecule has 0 aliphatic carbocycles. The molecule has 1 aromatic rings. The lowest BCUT2D eigenvalue weighted by molar-refractivity contribution is 0.0621. The average molecular weight is 374 g/mol. The maximum absolute atomic E-state index is 13.4. The summed E-state index contributed by atoms with van der Waals surface area (Å²) in [5, 5.41) is 0. The first-order valence-electron chi connectivity index (χ1n) is 6.67. The van der Waals surface area contributed by atoms with Crippen LogP contribution in [0.4, 0.5) is 4.39 Å². The van der Waals surface area contributed by atoms with Crippen LogP contribution in [-0.2, 0) is 0 Å². The second-order valence-corrected chi connectivity index (χ2v) is 6.45. The Hall–Kier alpha value is -1.05. The molecule has 21 heavy (non-hydrogen) atoms. The van der Waals surface area contributed by atoms with Gasteiger partial charge in [-0.15, -0.1) is 0 Å². The number of nitrogens with two attached hydrogens (primary N) is 1. The summed E-state index contributed by atoms with van der Waals surface area (Å²) >= 11 is 8.20. The number of piperazine rings is 1. The molecule has 0 spiro atoms. The highest BCUT2D eigenvalue weighted by Crippen LogP contribution is 2.17. The van der Waals surface area contributed by atoms with Crippen LogP contribution in [0.1, 0.15) is 17.3 Å². The molecule has 1 fully saturated rings. The van der Waals surface area contributed by atoms with Crippen molar-refractivity contribution in [3.8, 4) is 0 Å². The van der Waals surface area contributed by atoms with Gasteiger partial charge in [-0.2, -0.15) is 0 Å². The van der Waals surface area contributed by atoms with Crippen LogP contribution < -0.4 is 5.73 Å². The quantitative estimate of drug-likeness (QED) is 0.823. The van der Waals surface area contributed by atoms with E-state index in [0.29, 0.717) is 41.2 Å². The molecule has 2 rings (SSSR count). The first-order valence-corrected chi connectivity index (χ1v) is 7.87. The Balaban J connectivity index is 2.01. The highest BCUT2D eigenvalue weighted by atomic mass is 79.9. The Morgan fingerprint density at radius 1 is 1.33 bits per heavy atom. The number of thiocarbonyl (C=S) groups is 1. The molecule has 1 heterocycles. The summed E-state index contributed by atoms with van der Waals surface area (Å²) in [6, 6.07) is 4.26. The van der Waals surface area contributed by atoms with Crippen LogP contribution in [0.3, 0.4) is 0 Å². The highest BCUT2D eigenvalue weighted by Gasteiger charge is 2.25. The van der Waals surface area contributed by atoms with Gasteiger partial charge in [-0.05, 0) is 25.1 Å². The van der Waals surface area contributed by atoms with E-state index in [4.69, 9.17) is 18.0 Å². The minimum Gasteiger partial charge on any atom is -0.392 e. The molecule has 1 aliphatic heterocycles. The number of benzene rings is 1. The van der Waals surface area contributed by atoms with E-state index in [1.165, 1.54) is 12.1 Å². The maximum Gasteiger partial charge on any atom is 0.254 e. The number of rotatable bonds is 3. The fraction of sp³-hybridized carbons (Fsp3) is 0.429. The topological polar surface area (TPSA) is 49.6 Å². The van der Waals surface area contributed by atoms with Crippen molar-refractivity contribution in [3.05, 3.63) is 34.1 Å². The summed E-state index contributed by atoms with van der Waals surface area (Å²) in [5.41, 5.74) is 6.01. The summed E-state index contributed by atoms with van der Waals surface area (Å²) < 4.78 is 13.9. The van der Waals surface area contributed by atoms with E-state index in [1.807, 2.05) is 6.92 Å². The van der Waals surface area contributed by atoms with E-state index >= 15 is 0 Å². The Morgan fingerprint density at radius 2 is 1.95 bits per heavy atom. The molecular formula is C14H17BrFN3OS. The summed E-state index contributed by atoms with van der Waals surface area (Å²) in [4.78, 5) is 16.7. The Kier molecular flexibility index (Phi) is 5.29. The molecule has 7 heteroatoms. The maximum atomic E-state index is 13.4. The van der Waals surface area contributed by atoms with Gasteiger partial charge in [0.05, 0.1) is 11.0 Å². The fourth-order valence-corrected chi connectivity index (χ4v) is 2.97. The third-order valence-electron chi connectivity index (χ3n) is 3.67. The first-order chi connectivity index (χ1) is 9.88. The smallest absolute Gasteiger partial charge is 0.254 e. The predicted molar refractivity (Wildman–Crippen MR) is 87.8 cm³/mol. The number of hydrogen-bond acceptors (Lipinski definition) is 3. The number of halogens is 2. The Labute approximate surface area is 137 Å². The zero-order valence-electron chi connectivity index (χ0n) is 11.7. The van der Waals surface area contributed by atoms with Gasteiger partial charge in [-0.1, -0.05) is 28.1 Å². The van der Waals surface area contributed by atoms with Gasteiger partial charge < -0.3 is 10.6 Å². The van der Waals surface area contributed by atoms with Gasteiger partial charge in [0.25, 0.3) is 5.91 Å². The van der Waals surface area contributed by atoms with E-state index in [1.54, 1.807) is 11.0 Å². The highest BCUT2D eigenvalue weighted by molar-refractivity contribution is 9.10. The number of carbonyl (C=O) groups is 1. The van der Waals surface area contributed by atoms with E-state index in [9.17, 15) is 9.18 Å². The van der Waals surface area contributed by atoms with Crippen LogP contribution >= 0.6 is 28.1 Å². The standard InChI is InChI=1S/C14H17BrFN3OS/c1-9(13(17)21)18-2-4-19(5-3-18)14(20)10-6-11(15)8-12(16)7-10/h6-9H,2-5H2,1H3,(H2,17,21). The molecule has 0 bridgehead atoms. The van der Waals surface area contributed by atoms with Crippen molar-refractivity contribution >= 4 is 39.0 Å². The summed E-state index contributed by atoms with van der Waals surface area (Å²) in [6.07, 6.45) is 0. The van der Waals surface area contributed by atoms with E-state index in [0.717, 1.165) is 0 Å². The molecule has 1 saturated heterocycles. The summed E-state index contributed by atoms with van der Waals surface area (Å²) in [6.45, 7) is 4.55. The number of hydrogen-bond donors (Lipinski definition) is 1. The summed E-state index contributed by atoms with van der Waals surface area (Å²) in [7, 11) is 0. The van der Waals surface area contributed by atoms with E-state index in [2.05, 4.69) is 20.8 Å². The van der Waals surface area contributed by atoms with Gasteiger partial charge >= 0.3 is 0 Å². The molecule has 1 atom stereocenters. The molecule has 0 saturated carbocycles. The molecule has 4 nitrogen and oxygen atoms in total. The molecule has 1 unspecified atom stereocenters. The van der Waals surface area contributed by atoms with E-state index < -0.39 is 5.82 Å². The van der Waals surface area contributed by atoms with Crippen LogP contribution in [0, 0.1) is 5.82 Å². The predicted octanol–water partition coefficient (Wildman–Crippen LogP) is 2.02. The number of carbonyl (C=O) groups excluding carboxylic acids is 1. The molecule has 1 amide bonds. The monoisotopic (exact) mass is 373 g/mol. The fourth-order valence-electron chi connectivity index (χ4n) is 2.35. The molecule has 0 aromatic heterocycles. The van der Waals surface area contributed by atoms with Crippen LogP contribution in [-0.4, -0.2) is 52.9 Å². The second-order valence-electron chi connectivity index (χ2n) is 5.06.